The molecular formula is C25H32N2O4. The summed E-state index contributed by atoms with van der Waals surface area (Å²) in [5.41, 5.74) is 2.62. The molecule has 3 rings (SSSR count). The van der Waals surface area contributed by atoms with Gasteiger partial charge in [-0.3, -0.25) is 9.59 Å². The van der Waals surface area contributed by atoms with Gasteiger partial charge in [-0.05, 0) is 31.5 Å². The van der Waals surface area contributed by atoms with Crippen LogP contribution in [-0.2, 0) is 4.79 Å². The number of carbonyl (C=O) groups excluding carboxylic acids is 2. The van der Waals surface area contributed by atoms with E-state index in [4.69, 9.17) is 9.47 Å². The number of likely N-dealkylation sites (tertiary alicyclic amines) is 1. The molecule has 166 valence electrons. The van der Waals surface area contributed by atoms with Crippen molar-refractivity contribution in [2.24, 2.45) is 5.92 Å². The van der Waals surface area contributed by atoms with Crippen LogP contribution in [0.3, 0.4) is 0 Å². The second-order valence-electron chi connectivity index (χ2n) is 8.02. The van der Waals surface area contributed by atoms with Gasteiger partial charge in [-0.1, -0.05) is 43.2 Å². The lowest BCUT2D eigenvalue weighted by atomic mass is 9.87. The fourth-order valence-electron chi connectivity index (χ4n) is 4.15. The maximum Gasteiger partial charge on any atom is 0.253 e. The molecule has 2 aromatic rings. The topological polar surface area (TPSA) is 67.9 Å². The van der Waals surface area contributed by atoms with Crippen LogP contribution < -0.4 is 14.8 Å². The molecule has 0 spiro atoms. The van der Waals surface area contributed by atoms with E-state index >= 15 is 0 Å². The SMILES string of the molecule is CCCCNC(=O)[C@@H]1CN(C(=O)c2ccc(C)cc2)C[C@@H]1c1cccc(OC)c1OC. The van der Waals surface area contributed by atoms with Crippen molar-refractivity contribution in [3.05, 3.63) is 59.2 Å². The molecule has 1 aliphatic rings. The summed E-state index contributed by atoms with van der Waals surface area (Å²) in [4.78, 5) is 28.0. The van der Waals surface area contributed by atoms with Gasteiger partial charge >= 0.3 is 0 Å². The standard InChI is InChI=1S/C25H32N2O4/c1-5-6-14-26-24(28)21-16-27(25(29)18-12-10-17(2)11-13-18)15-20(21)19-8-7-9-22(30-3)23(19)31-4/h7-13,20-21H,5-6,14-16H2,1-4H3,(H,26,28)/t20-,21-/m1/s1. The van der Waals surface area contributed by atoms with E-state index in [2.05, 4.69) is 12.2 Å². The number of nitrogens with one attached hydrogen (secondary N) is 1. The molecule has 1 heterocycles. The highest BCUT2D eigenvalue weighted by Crippen LogP contribution is 2.42. The fraction of sp³-hybridized carbons (Fsp3) is 0.440. The van der Waals surface area contributed by atoms with E-state index in [1.165, 1.54) is 0 Å². The quantitative estimate of drug-likeness (QED) is 0.655. The molecule has 0 radical (unpaired) electrons. The van der Waals surface area contributed by atoms with Gasteiger partial charge in [0.2, 0.25) is 5.91 Å². The first-order chi connectivity index (χ1) is 15.0. The number of carbonyl (C=O) groups is 2. The van der Waals surface area contributed by atoms with Crippen LogP contribution in [0.4, 0.5) is 0 Å². The third-order valence-electron chi connectivity index (χ3n) is 5.90. The molecule has 0 aliphatic carbocycles. The number of hydrogen-bond donors (Lipinski definition) is 1. The summed E-state index contributed by atoms with van der Waals surface area (Å²) >= 11 is 0. The Labute approximate surface area is 184 Å². The van der Waals surface area contributed by atoms with Crippen LogP contribution in [0.2, 0.25) is 0 Å². The molecule has 2 amide bonds. The van der Waals surface area contributed by atoms with E-state index in [-0.39, 0.29) is 23.7 Å². The summed E-state index contributed by atoms with van der Waals surface area (Å²) in [6.45, 7) is 5.54. The van der Waals surface area contributed by atoms with Gasteiger partial charge in [-0.25, -0.2) is 0 Å². The van der Waals surface area contributed by atoms with Gasteiger partial charge in [0, 0.05) is 36.7 Å². The zero-order valence-electron chi connectivity index (χ0n) is 18.8. The van der Waals surface area contributed by atoms with Crippen molar-refractivity contribution in [2.75, 3.05) is 33.9 Å². The number of para-hydroxylation sites is 1. The molecule has 0 aromatic heterocycles. The largest absolute Gasteiger partial charge is 0.493 e. The second kappa shape index (κ2) is 10.3. The summed E-state index contributed by atoms with van der Waals surface area (Å²) in [6, 6.07) is 13.2. The molecule has 2 aromatic carbocycles. The van der Waals surface area contributed by atoms with Crippen LogP contribution in [0.15, 0.2) is 42.5 Å². The Balaban J connectivity index is 1.91. The van der Waals surface area contributed by atoms with Gasteiger partial charge in [0.15, 0.2) is 11.5 Å². The number of nitrogens with zero attached hydrogens (tertiary/aromatic N) is 1. The molecule has 0 bridgehead atoms. The van der Waals surface area contributed by atoms with Crippen LogP contribution in [0.1, 0.15) is 47.2 Å². The molecule has 1 fully saturated rings. The Morgan fingerprint density at radius 2 is 1.81 bits per heavy atom. The minimum absolute atomic E-state index is 0.0254. The number of benzene rings is 2. The number of ether oxygens (including phenoxy) is 2. The summed E-state index contributed by atoms with van der Waals surface area (Å²) < 4.78 is 11.1. The highest BCUT2D eigenvalue weighted by Gasteiger charge is 2.42. The number of methoxy groups -OCH3 is 2. The fourth-order valence-corrected chi connectivity index (χ4v) is 4.15. The lowest BCUT2D eigenvalue weighted by Gasteiger charge is -2.21. The number of amides is 2. The first kappa shape index (κ1) is 22.7. The Kier molecular flexibility index (Phi) is 7.55. The molecule has 6 heteroatoms. The van der Waals surface area contributed by atoms with Crippen molar-refractivity contribution < 1.29 is 19.1 Å². The number of hydrogen-bond acceptors (Lipinski definition) is 4. The Hall–Kier alpha value is -3.02. The Morgan fingerprint density at radius 1 is 1.06 bits per heavy atom. The predicted octanol–water partition coefficient (Wildman–Crippen LogP) is 3.78. The third kappa shape index (κ3) is 5.01. The molecule has 2 atom stereocenters. The maximum absolute atomic E-state index is 13.2. The van der Waals surface area contributed by atoms with Crippen LogP contribution in [0, 0.1) is 12.8 Å². The second-order valence-corrected chi connectivity index (χ2v) is 8.02. The van der Waals surface area contributed by atoms with Crippen molar-refractivity contribution in [2.45, 2.75) is 32.6 Å². The van der Waals surface area contributed by atoms with Crippen molar-refractivity contribution in [1.29, 1.82) is 0 Å². The minimum atomic E-state index is -0.354. The maximum atomic E-state index is 13.2. The zero-order valence-corrected chi connectivity index (χ0v) is 18.8. The van der Waals surface area contributed by atoms with Crippen LogP contribution >= 0.6 is 0 Å². The van der Waals surface area contributed by atoms with Gasteiger partial charge in [0.05, 0.1) is 20.1 Å². The van der Waals surface area contributed by atoms with Crippen LogP contribution in [0.5, 0.6) is 11.5 Å². The Morgan fingerprint density at radius 3 is 2.45 bits per heavy atom. The molecule has 31 heavy (non-hydrogen) atoms. The predicted molar refractivity (Wildman–Crippen MR) is 121 cm³/mol. The average molecular weight is 425 g/mol. The zero-order chi connectivity index (χ0) is 22.4. The van der Waals surface area contributed by atoms with E-state index in [0.29, 0.717) is 36.7 Å². The highest BCUT2D eigenvalue weighted by atomic mass is 16.5. The monoisotopic (exact) mass is 424 g/mol. The van der Waals surface area contributed by atoms with E-state index in [0.717, 1.165) is 24.0 Å². The first-order valence-corrected chi connectivity index (χ1v) is 10.8. The summed E-state index contributed by atoms with van der Waals surface area (Å²) in [5, 5.41) is 3.05. The smallest absolute Gasteiger partial charge is 0.253 e. The summed E-state index contributed by atoms with van der Waals surface area (Å²) in [7, 11) is 3.19. The molecule has 0 unspecified atom stereocenters. The van der Waals surface area contributed by atoms with Crippen molar-refractivity contribution >= 4 is 11.8 Å². The van der Waals surface area contributed by atoms with E-state index < -0.39 is 0 Å². The normalized spacial score (nSPS) is 18.0. The van der Waals surface area contributed by atoms with Crippen LogP contribution in [-0.4, -0.2) is 50.6 Å². The van der Waals surface area contributed by atoms with Gasteiger partial charge in [-0.2, -0.15) is 0 Å². The van der Waals surface area contributed by atoms with Gasteiger partial charge < -0.3 is 19.7 Å². The summed E-state index contributed by atoms with van der Waals surface area (Å²) in [5.74, 6) is 0.617. The lowest BCUT2D eigenvalue weighted by Crippen LogP contribution is -2.36. The molecule has 0 saturated carbocycles. The molecule has 6 nitrogen and oxygen atoms in total. The van der Waals surface area contributed by atoms with E-state index in [9.17, 15) is 9.59 Å². The van der Waals surface area contributed by atoms with Gasteiger partial charge in [0.1, 0.15) is 0 Å². The molecule has 1 aliphatic heterocycles. The van der Waals surface area contributed by atoms with Crippen molar-refractivity contribution in [3.8, 4) is 11.5 Å². The van der Waals surface area contributed by atoms with Gasteiger partial charge in [-0.15, -0.1) is 0 Å². The van der Waals surface area contributed by atoms with E-state index in [1.807, 2.05) is 49.4 Å². The van der Waals surface area contributed by atoms with Crippen LogP contribution in [0.25, 0.3) is 0 Å². The average Bonchev–Trinajstić information content (AvgIpc) is 3.24. The molecule has 1 N–H and O–H groups in total. The first-order valence-electron chi connectivity index (χ1n) is 10.8. The molecular weight excluding hydrogens is 392 g/mol. The number of aryl methyl sites for hydroxylation is 1. The Bertz CT molecular complexity index is 910. The van der Waals surface area contributed by atoms with Gasteiger partial charge in [0.25, 0.3) is 5.91 Å². The molecule has 1 saturated heterocycles. The van der Waals surface area contributed by atoms with Crippen molar-refractivity contribution in [1.82, 2.24) is 10.2 Å². The lowest BCUT2D eigenvalue weighted by molar-refractivity contribution is -0.124. The van der Waals surface area contributed by atoms with E-state index in [1.54, 1.807) is 19.1 Å². The highest BCUT2D eigenvalue weighted by molar-refractivity contribution is 5.95. The minimum Gasteiger partial charge on any atom is -0.493 e. The number of unbranched alkanes of at least 4 members (excludes halogenated alkanes) is 1. The van der Waals surface area contributed by atoms with Crippen molar-refractivity contribution in [3.63, 3.8) is 0 Å². The number of rotatable bonds is 8. The third-order valence-corrected chi connectivity index (χ3v) is 5.90. The summed E-state index contributed by atoms with van der Waals surface area (Å²) in [6.07, 6.45) is 1.94.